The van der Waals surface area contributed by atoms with Crippen LogP contribution in [0, 0.1) is 11.8 Å². The summed E-state index contributed by atoms with van der Waals surface area (Å²) < 4.78 is 39.2. The summed E-state index contributed by atoms with van der Waals surface area (Å²) in [6.07, 6.45) is -5.73. The van der Waals surface area contributed by atoms with Crippen molar-refractivity contribution in [2.24, 2.45) is 11.8 Å². The fraction of sp³-hybridized carbons (Fsp3) is 0.333. The first kappa shape index (κ1) is 16.9. The molecule has 10 heteroatoms. The Morgan fingerprint density at radius 3 is 2.20 bits per heavy atom. The molecule has 0 saturated carbocycles. The third kappa shape index (κ3) is 2.94. The van der Waals surface area contributed by atoms with Crippen molar-refractivity contribution in [2.45, 2.75) is 12.6 Å². The minimum atomic E-state index is -4.80. The first-order chi connectivity index (χ1) is 11.7. The highest BCUT2D eigenvalue weighted by Gasteiger charge is 2.52. The molecule has 7 nitrogen and oxygen atoms in total. The first-order valence-electron chi connectivity index (χ1n) is 7.23. The van der Waals surface area contributed by atoms with Gasteiger partial charge in [0.1, 0.15) is 0 Å². The highest BCUT2D eigenvalue weighted by molar-refractivity contribution is 6.20. The minimum absolute atomic E-state index is 0.00961. The van der Waals surface area contributed by atoms with E-state index in [1.165, 1.54) is 24.3 Å². The van der Waals surface area contributed by atoms with E-state index in [9.17, 15) is 32.3 Å². The summed E-state index contributed by atoms with van der Waals surface area (Å²) in [5, 5.41) is 2.30. The Labute approximate surface area is 138 Å². The molecule has 25 heavy (non-hydrogen) atoms. The number of carbonyl (C=O) groups excluding carboxylic acids is 4. The maximum Gasteiger partial charge on any atom is 0.393 e. The van der Waals surface area contributed by atoms with Crippen LogP contribution in [0.5, 0.6) is 0 Å². The van der Waals surface area contributed by atoms with Crippen LogP contribution in [0.3, 0.4) is 0 Å². The maximum atomic E-state index is 13.1. The lowest BCUT2D eigenvalue weighted by molar-refractivity contribution is -0.212. The number of halogens is 3. The van der Waals surface area contributed by atoms with Crippen LogP contribution in [0.15, 0.2) is 24.3 Å². The largest absolute Gasteiger partial charge is 0.393 e. The number of nitrogens with one attached hydrogen (secondary N) is 1. The number of imide groups is 1. The van der Waals surface area contributed by atoms with Crippen molar-refractivity contribution < 1.29 is 37.2 Å². The molecule has 2 unspecified atom stereocenters. The molecule has 2 aliphatic rings. The Morgan fingerprint density at radius 2 is 1.68 bits per heavy atom. The van der Waals surface area contributed by atoms with E-state index >= 15 is 0 Å². The van der Waals surface area contributed by atoms with Gasteiger partial charge in [-0.25, -0.2) is 4.79 Å². The van der Waals surface area contributed by atoms with Crippen molar-refractivity contribution in [2.75, 3.05) is 6.54 Å². The zero-order chi connectivity index (χ0) is 18.4. The van der Waals surface area contributed by atoms with Gasteiger partial charge in [-0.05, 0) is 12.1 Å². The summed E-state index contributed by atoms with van der Waals surface area (Å²) >= 11 is 0. The van der Waals surface area contributed by atoms with Crippen LogP contribution >= 0.6 is 0 Å². The number of hydroxylamine groups is 2. The van der Waals surface area contributed by atoms with Crippen molar-refractivity contribution in [1.82, 2.24) is 10.4 Å². The van der Waals surface area contributed by atoms with Crippen molar-refractivity contribution in [3.05, 3.63) is 35.4 Å². The Kier molecular flexibility index (Phi) is 3.97. The fourth-order valence-electron chi connectivity index (χ4n) is 2.78. The van der Waals surface area contributed by atoms with Gasteiger partial charge in [0.05, 0.1) is 23.0 Å². The maximum absolute atomic E-state index is 13.1. The molecule has 0 aromatic heterocycles. The second-order valence-corrected chi connectivity index (χ2v) is 5.62. The molecule has 1 saturated heterocycles. The molecule has 2 atom stereocenters. The average molecular weight is 356 g/mol. The molecule has 3 rings (SSSR count). The summed E-state index contributed by atoms with van der Waals surface area (Å²) in [5.41, 5.74) is -0.0192. The molecule has 1 aromatic rings. The SMILES string of the molecule is O=C1CC(C(F)(F)F)C(C(=O)ON2C(=O)c3ccccc3C2=O)CN1. The van der Waals surface area contributed by atoms with Gasteiger partial charge in [0, 0.05) is 13.0 Å². The molecular weight excluding hydrogens is 345 g/mol. The van der Waals surface area contributed by atoms with E-state index in [2.05, 4.69) is 10.2 Å². The number of hydrogen-bond acceptors (Lipinski definition) is 5. The fourth-order valence-corrected chi connectivity index (χ4v) is 2.78. The molecule has 2 aliphatic heterocycles. The normalized spacial score (nSPS) is 23.3. The second kappa shape index (κ2) is 5.87. The Hall–Kier alpha value is -2.91. The Morgan fingerprint density at radius 1 is 1.12 bits per heavy atom. The predicted molar refractivity (Wildman–Crippen MR) is 73.7 cm³/mol. The predicted octanol–water partition coefficient (Wildman–Crippen LogP) is 1.06. The Balaban J connectivity index is 1.79. The summed E-state index contributed by atoms with van der Waals surface area (Å²) in [7, 11) is 0. The van der Waals surface area contributed by atoms with Crippen LogP contribution in [-0.2, 0) is 14.4 Å². The number of piperidine rings is 1. The number of benzene rings is 1. The van der Waals surface area contributed by atoms with Crippen LogP contribution in [0.2, 0.25) is 0 Å². The lowest BCUT2D eigenvalue weighted by Gasteiger charge is -2.31. The number of fused-ring (bicyclic) bond motifs is 1. The minimum Gasteiger partial charge on any atom is -0.355 e. The summed E-state index contributed by atoms with van der Waals surface area (Å²) in [6, 6.07) is 5.66. The van der Waals surface area contributed by atoms with E-state index in [-0.39, 0.29) is 16.2 Å². The molecule has 2 heterocycles. The lowest BCUT2D eigenvalue weighted by Crippen LogP contribution is -2.51. The standard InChI is InChI=1S/C15H11F3N2O5/c16-15(17,18)10-5-11(21)19-6-9(10)14(24)25-20-12(22)7-3-1-2-4-8(7)13(20)23/h1-4,9-10H,5-6H2,(H,19,21). The number of alkyl halides is 3. The van der Waals surface area contributed by atoms with Crippen molar-refractivity contribution in [1.29, 1.82) is 0 Å². The lowest BCUT2D eigenvalue weighted by atomic mass is 9.85. The smallest absolute Gasteiger partial charge is 0.355 e. The molecule has 1 fully saturated rings. The molecule has 0 radical (unpaired) electrons. The number of nitrogens with zero attached hydrogens (tertiary/aromatic N) is 1. The van der Waals surface area contributed by atoms with Crippen molar-refractivity contribution >= 4 is 23.7 Å². The summed E-state index contributed by atoms with van der Waals surface area (Å²) in [4.78, 5) is 52.2. The van der Waals surface area contributed by atoms with E-state index in [0.717, 1.165) is 0 Å². The number of amides is 3. The monoisotopic (exact) mass is 356 g/mol. The van der Waals surface area contributed by atoms with Gasteiger partial charge >= 0.3 is 12.1 Å². The second-order valence-electron chi connectivity index (χ2n) is 5.62. The van der Waals surface area contributed by atoms with Crippen molar-refractivity contribution in [3.8, 4) is 0 Å². The van der Waals surface area contributed by atoms with Gasteiger partial charge in [-0.2, -0.15) is 13.2 Å². The summed E-state index contributed by atoms with van der Waals surface area (Å²) in [6.45, 7) is -0.592. The van der Waals surface area contributed by atoms with Gasteiger partial charge in [-0.15, -0.1) is 0 Å². The molecule has 0 bridgehead atoms. The molecule has 1 N–H and O–H groups in total. The third-order valence-corrected chi connectivity index (χ3v) is 4.07. The molecule has 1 aromatic carbocycles. The van der Waals surface area contributed by atoms with E-state index in [1.54, 1.807) is 0 Å². The zero-order valence-corrected chi connectivity index (χ0v) is 12.5. The van der Waals surface area contributed by atoms with Crippen LogP contribution in [0.1, 0.15) is 27.1 Å². The molecule has 0 aliphatic carbocycles. The van der Waals surface area contributed by atoms with Crippen molar-refractivity contribution in [3.63, 3.8) is 0 Å². The van der Waals surface area contributed by atoms with Gasteiger partial charge in [0.15, 0.2) is 0 Å². The van der Waals surface area contributed by atoms with E-state index in [0.29, 0.717) is 0 Å². The van der Waals surface area contributed by atoms with Gasteiger partial charge in [-0.1, -0.05) is 17.2 Å². The van der Waals surface area contributed by atoms with Crippen LogP contribution < -0.4 is 5.32 Å². The van der Waals surface area contributed by atoms with Gasteiger partial charge in [0.2, 0.25) is 5.91 Å². The number of rotatable bonds is 2. The highest BCUT2D eigenvalue weighted by Crippen LogP contribution is 2.37. The number of carbonyl (C=O) groups is 4. The summed E-state index contributed by atoms with van der Waals surface area (Å²) in [5.74, 6) is -8.11. The third-order valence-electron chi connectivity index (χ3n) is 4.07. The Bertz CT molecular complexity index is 742. The number of hydrogen-bond donors (Lipinski definition) is 1. The van der Waals surface area contributed by atoms with Gasteiger partial charge in [-0.3, -0.25) is 14.4 Å². The highest BCUT2D eigenvalue weighted by atomic mass is 19.4. The zero-order valence-electron chi connectivity index (χ0n) is 12.5. The average Bonchev–Trinajstić information content (AvgIpc) is 2.79. The molecular formula is C15H11F3N2O5. The molecule has 132 valence electrons. The molecule has 3 amide bonds. The van der Waals surface area contributed by atoms with Crippen LogP contribution in [-0.4, -0.2) is 41.5 Å². The molecule has 0 spiro atoms. The van der Waals surface area contributed by atoms with Gasteiger partial charge < -0.3 is 10.2 Å². The quantitative estimate of drug-likeness (QED) is 0.800. The van der Waals surface area contributed by atoms with E-state index < -0.39 is 54.7 Å². The van der Waals surface area contributed by atoms with E-state index in [4.69, 9.17) is 0 Å². The topological polar surface area (TPSA) is 92.8 Å². The van der Waals surface area contributed by atoms with Crippen LogP contribution in [0.25, 0.3) is 0 Å². The first-order valence-corrected chi connectivity index (χ1v) is 7.23. The van der Waals surface area contributed by atoms with Gasteiger partial charge in [0.25, 0.3) is 11.8 Å². The van der Waals surface area contributed by atoms with Crippen LogP contribution in [0.4, 0.5) is 13.2 Å². The van der Waals surface area contributed by atoms with E-state index in [1.807, 2.05) is 0 Å².